The van der Waals surface area contributed by atoms with E-state index in [0.717, 1.165) is 9.80 Å². The predicted molar refractivity (Wildman–Crippen MR) is 96.7 cm³/mol. The van der Waals surface area contributed by atoms with Crippen LogP contribution in [0.5, 0.6) is 0 Å². The van der Waals surface area contributed by atoms with Crippen molar-refractivity contribution >= 4 is 23.8 Å². The van der Waals surface area contributed by atoms with Gasteiger partial charge in [0.2, 0.25) is 0 Å². The minimum atomic E-state index is -1.15. The summed E-state index contributed by atoms with van der Waals surface area (Å²) in [6.07, 6.45) is -2.31. The van der Waals surface area contributed by atoms with Crippen molar-refractivity contribution in [2.24, 2.45) is 0 Å². The van der Waals surface area contributed by atoms with Crippen molar-refractivity contribution in [3.05, 3.63) is 24.3 Å². The summed E-state index contributed by atoms with van der Waals surface area (Å²) in [5.74, 6) is -3.01. The highest BCUT2D eigenvalue weighted by molar-refractivity contribution is 6.35. The first kappa shape index (κ1) is 23.3. The number of aliphatic hydroxyl groups excluding tert-OH is 2. The summed E-state index contributed by atoms with van der Waals surface area (Å²) in [7, 11) is 0. The number of hydrogen-bond acceptors (Lipinski definition) is 8. The molecule has 0 aromatic heterocycles. The highest BCUT2D eigenvalue weighted by Gasteiger charge is 2.34. The highest BCUT2D eigenvalue weighted by atomic mass is 16.5. The fourth-order valence-corrected chi connectivity index (χ4v) is 2.27. The van der Waals surface area contributed by atoms with Crippen molar-refractivity contribution in [2.45, 2.75) is 26.1 Å². The third-order valence-electron chi connectivity index (χ3n) is 3.77. The summed E-state index contributed by atoms with van der Waals surface area (Å²) in [4.78, 5) is 49.2. The molecular weight excluding hydrogens is 372 g/mol. The Morgan fingerprint density at radius 3 is 1.50 bits per heavy atom. The van der Waals surface area contributed by atoms with Gasteiger partial charge in [-0.3, -0.25) is 9.59 Å². The Labute approximate surface area is 163 Å². The smallest absolute Gasteiger partial charge is 0.333 e. The quantitative estimate of drug-likeness (QED) is 0.261. The highest BCUT2D eigenvalue weighted by Crippen LogP contribution is 2.08. The normalized spacial score (nSPS) is 16.4. The number of carbonyl (C=O) groups is 4. The van der Waals surface area contributed by atoms with Gasteiger partial charge < -0.3 is 29.5 Å². The molecule has 0 saturated carbocycles. The van der Waals surface area contributed by atoms with E-state index in [1.54, 1.807) is 0 Å². The van der Waals surface area contributed by atoms with Crippen molar-refractivity contribution in [3.63, 3.8) is 0 Å². The molecule has 2 unspecified atom stereocenters. The maximum absolute atomic E-state index is 12.2. The van der Waals surface area contributed by atoms with Gasteiger partial charge in [0, 0.05) is 24.2 Å². The van der Waals surface area contributed by atoms with Gasteiger partial charge in [-0.2, -0.15) is 0 Å². The molecule has 1 aliphatic heterocycles. The number of aliphatic hydroxyl groups is 2. The molecule has 1 heterocycles. The van der Waals surface area contributed by atoms with Crippen molar-refractivity contribution in [1.29, 1.82) is 0 Å². The molecular formula is C18H26N2O8. The topological polar surface area (TPSA) is 134 Å². The van der Waals surface area contributed by atoms with Crippen LogP contribution in [0, 0.1) is 0 Å². The van der Waals surface area contributed by atoms with Crippen LogP contribution in [0.25, 0.3) is 0 Å². The standard InChI is InChI=1S/C18H26N2O8/c1-11(2)17(25)27-9-13(21)7-19-5-6-20(16(24)15(19)23)8-14(22)10-28-18(26)12(3)4/h13-14,21-22H,1,3,5-10H2,2,4H3. The molecule has 10 heteroatoms. The number of hydrogen-bond donors (Lipinski definition) is 2. The van der Waals surface area contributed by atoms with E-state index < -0.39 is 36.0 Å². The van der Waals surface area contributed by atoms with Gasteiger partial charge >= 0.3 is 23.8 Å². The van der Waals surface area contributed by atoms with Crippen molar-refractivity contribution in [3.8, 4) is 0 Å². The Kier molecular flexibility index (Phi) is 8.80. The van der Waals surface area contributed by atoms with E-state index in [0.29, 0.717) is 0 Å². The van der Waals surface area contributed by atoms with E-state index in [1.807, 2.05) is 0 Å². The van der Waals surface area contributed by atoms with Crippen molar-refractivity contribution < 1.29 is 38.9 Å². The third kappa shape index (κ3) is 7.12. The largest absolute Gasteiger partial charge is 0.460 e. The number of β-amino-alcohol motifs (C(OH)–C–C–N with tert-alkyl or cyclic N) is 2. The van der Waals surface area contributed by atoms with E-state index in [9.17, 15) is 29.4 Å². The minimum absolute atomic E-state index is 0.133. The average molecular weight is 398 g/mol. The van der Waals surface area contributed by atoms with E-state index in [2.05, 4.69) is 13.2 Å². The van der Waals surface area contributed by atoms with Gasteiger partial charge in [0.1, 0.15) is 25.4 Å². The summed E-state index contributed by atoms with van der Waals surface area (Å²) >= 11 is 0. The second-order valence-electron chi connectivity index (χ2n) is 6.57. The zero-order valence-electron chi connectivity index (χ0n) is 16.0. The third-order valence-corrected chi connectivity index (χ3v) is 3.77. The number of amides is 2. The Bertz CT molecular complexity index is 604. The second kappa shape index (κ2) is 10.6. The molecule has 28 heavy (non-hydrogen) atoms. The summed E-state index contributed by atoms with van der Waals surface area (Å²) in [6, 6.07) is 0. The maximum atomic E-state index is 12.2. The molecule has 2 atom stereocenters. The molecule has 0 aromatic rings. The molecule has 156 valence electrons. The van der Waals surface area contributed by atoms with Gasteiger partial charge in [0.15, 0.2) is 0 Å². The fourth-order valence-electron chi connectivity index (χ4n) is 2.27. The fraction of sp³-hybridized carbons (Fsp3) is 0.556. The average Bonchev–Trinajstić information content (AvgIpc) is 2.63. The van der Waals surface area contributed by atoms with E-state index in [1.165, 1.54) is 13.8 Å². The SMILES string of the molecule is C=C(C)C(=O)OCC(O)CN1CCN(CC(O)COC(=O)C(=C)C)C(=O)C1=O. The van der Waals surface area contributed by atoms with Gasteiger partial charge in [0.05, 0.1) is 13.1 Å². The van der Waals surface area contributed by atoms with E-state index >= 15 is 0 Å². The van der Waals surface area contributed by atoms with Crippen LogP contribution in [0.4, 0.5) is 0 Å². The Morgan fingerprint density at radius 2 is 1.21 bits per heavy atom. The number of carbonyl (C=O) groups excluding carboxylic acids is 4. The van der Waals surface area contributed by atoms with Gasteiger partial charge in [-0.05, 0) is 13.8 Å². The molecule has 0 bridgehead atoms. The number of piperazine rings is 1. The van der Waals surface area contributed by atoms with Gasteiger partial charge in [-0.15, -0.1) is 0 Å². The molecule has 1 fully saturated rings. The lowest BCUT2D eigenvalue weighted by atomic mass is 10.2. The predicted octanol–water partition coefficient (Wildman–Crippen LogP) is -1.38. The Balaban J connectivity index is 2.47. The summed E-state index contributed by atoms with van der Waals surface area (Å²) in [5.41, 5.74) is 0.360. The van der Waals surface area contributed by atoms with Crippen LogP contribution < -0.4 is 0 Å². The first-order valence-electron chi connectivity index (χ1n) is 8.62. The molecule has 0 aliphatic carbocycles. The van der Waals surface area contributed by atoms with Crippen LogP contribution >= 0.6 is 0 Å². The molecule has 10 nitrogen and oxygen atoms in total. The van der Waals surface area contributed by atoms with Crippen LogP contribution in [0.1, 0.15) is 13.8 Å². The van der Waals surface area contributed by atoms with Crippen LogP contribution in [0.15, 0.2) is 24.3 Å². The van der Waals surface area contributed by atoms with Gasteiger partial charge in [-0.1, -0.05) is 13.2 Å². The summed E-state index contributed by atoms with van der Waals surface area (Å²) in [6.45, 7) is 8.99. The van der Waals surface area contributed by atoms with Gasteiger partial charge in [0.25, 0.3) is 0 Å². The first-order chi connectivity index (χ1) is 13.0. The molecule has 0 radical (unpaired) electrons. The summed E-state index contributed by atoms with van der Waals surface area (Å²) in [5, 5.41) is 19.8. The van der Waals surface area contributed by atoms with Crippen molar-refractivity contribution in [1.82, 2.24) is 9.80 Å². The molecule has 1 rings (SSSR count). The first-order valence-corrected chi connectivity index (χ1v) is 8.62. The molecule has 2 amide bonds. The van der Waals surface area contributed by atoms with Crippen LogP contribution in [-0.4, -0.2) is 95.4 Å². The molecule has 2 N–H and O–H groups in total. The zero-order chi connectivity index (χ0) is 21.4. The summed E-state index contributed by atoms with van der Waals surface area (Å²) < 4.78 is 9.61. The Hall–Kier alpha value is -2.72. The maximum Gasteiger partial charge on any atom is 0.333 e. The van der Waals surface area contributed by atoms with E-state index in [4.69, 9.17) is 9.47 Å². The molecule has 0 aromatic carbocycles. The monoisotopic (exact) mass is 398 g/mol. The minimum Gasteiger partial charge on any atom is -0.460 e. The molecule has 0 spiro atoms. The lowest BCUT2D eigenvalue weighted by molar-refractivity contribution is -0.159. The van der Waals surface area contributed by atoms with Crippen LogP contribution in [-0.2, 0) is 28.7 Å². The van der Waals surface area contributed by atoms with Crippen molar-refractivity contribution in [2.75, 3.05) is 39.4 Å². The van der Waals surface area contributed by atoms with Crippen LogP contribution in [0.2, 0.25) is 0 Å². The number of esters is 2. The molecule has 1 aliphatic rings. The lowest BCUT2D eigenvalue weighted by Crippen LogP contribution is -2.57. The number of ether oxygens (including phenoxy) is 2. The van der Waals surface area contributed by atoms with E-state index in [-0.39, 0.29) is 50.5 Å². The lowest BCUT2D eigenvalue weighted by Gasteiger charge is -2.35. The second-order valence-corrected chi connectivity index (χ2v) is 6.57. The van der Waals surface area contributed by atoms with Crippen LogP contribution in [0.3, 0.4) is 0 Å². The number of nitrogens with zero attached hydrogens (tertiary/aromatic N) is 2. The zero-order valence-corrected chi connectivity index (χ0v) is 16.0. The number of rotatable bonds is 10. The Morgan fingerprint density at radius 1 is 0.893 bits per heavy atom. The molecule has 1 saturated heterocycles. The van der Waals surface area contributed by atoms with Gasteiger partial charge in [-0.25, -0.2) is 9.59 Å².